The highest BCUT2D eigenvalue weighted by atomic mass is 32.1. The summed E-state index contributed by atoms with van der Waals surface area (Å²) in [6.45, 7) is 3.82. The molecule has 1 aliphatic heterocycles. The van der Waals surface area contributed by atoms with Crippen molar-refractivity contribution in [2.45, 2.75) is 26.7 Å². The molecule has 0 unspecified atom stereocenters. The number of benzene rings is 1. The van der Waals surface area contributed by atoms with Crippen molar-refractivity contribution in [1.82, 2.24) is 4.98 Å². The van der Waals surface area contributed by atoms with Crippen molar-refractivity contribution >= 4 is 39.1 Å². The van der Waals surface area contributed by atoms with Crippen LogP contribution in [0.15, 0.2) is 33.5 Å². The molecule has 0 aliphatic carbocycles. The van der Waals surface area contributed by atoms with Crippen LogP contribution >= 0.6 is 11.3 Å². The third-order valence-electron chi connectivity index (χ3n) is 4.39. The molecule has 0 N–H and O–H groups in total. The number of anilines is 1. The molecule has 0 spiro atoms. The maximum Gasteiger partial charge on any atom is 0.348 e. The number of nitrogens with zero attached hydrogens (tertiary/aromatic N) is 2. The number of rotatable bonds is 2. The van der Waals surface area contributed by atoms with E-state index in [1.807, 2.05) is 13.8 Å². The van der Waals surface area contributed by atoms with Crippen molar-refractivity contribution in [3.63, 3.8) is 0 Å². The highest BCUT2D eigenvalue weighted by Gasteiger charge is 2.30. The van der Waals surface area contributed by atoms with Crippen LogP contribution in [0.2, 0.25) is 0 Å². The van der Waals surface area contributed by atoms with E-state index in [2.05, 4.69) is 4.98 Å². The predicted molar refractivity (Wildman–Crippen MR) is 94.8 cm³/mol. The van der Waals surface area contributed by atoms with Gasteiger partial charge in [0.25, 0.3) is 0 Å². The first kappa shape index (κ1) is 15.7. The van der Waals surface area contributed by atoms with E-state index in [4.69, 9.17) is 4.42 Å². The van der Waals surface area contributed by atoms with Crippen molar-refractivity contribution in [2.75, 3.05) is 4.90 Å². The van der Waals surface area contributed by atoms with E-state index in [1.54, 1.807) is 24.3 Å². The largest absolute Gasteiger partial charge is 0.403 e. The topological polar surface area (TPSA) is 80.5 Å². The van der Waals surface area contributed by atoms with Gasteiger partial charge in [-0.1, -0.05) is 0 Å². The Morgan fingerprint density at radius 1 is 1.04 bits per heavy atom. The van der Waals surface area contributed by atoms with E-state index in [1.165, 1.54) is 16.2 Å². The van der Waals surface area contributed by atoms with Gasteiger partial charge in [0.2, 0.25) is 17.7 Å². The van der Waals surface area contributed by atoms with Gasteiger partial charge in [0.15, 0.2) is 0 Å². The normalized spacial score (nSPS) is 14.7. The number of fused-ring (bicyclic) bond motifs is 1. The Morgan fingerprint density at radius 3 is 2.32 bits per heavy atom. The maximum absolute atomic E-state index is 12.3. The van der Waals surface area contributed by atoms with Gasteiger partial charge >= 0.3 is 5.63 Å². The molecular formula is C18H14N2O4S. The minimum absolute atomic E-state index is 0.201. The van der Waals surface area contributed by atoms with Crippen LogP contribution in [-0.4, -0.2) is 16.8 Å². The zero-order valence-electron chi connectivity index (χ0n) is 13.7. The fourth-order valence-electron chi connectivity index (χ4n) is 2.92. The molecular weight excluding hydrogens is 340 g/mol. The van der Waals surface area contributed by atoms with E-state index < -0.39 is 5.63 Å². The van der Waals surface area contributed by atoms with Crippen LogP contribution in [0.3, 0.4) is 0 Å². The lowest BCUT2D eigenvalue weighted by molar-refractivity contribution is -0.121. The molecule has 0 bridgehead atoms. The number of hydrogen-bond donors (Lipinski definition) is 0. The monoisotopic (exact) mass is 354 g/mol. The molecule has 0 radical (unpaired) electrons. The summed E-state index contributed by atoms with van der Waals surface area (Å²) < 4.78 is 5.37. The fourth-order valence-corrected chi connectivity index (χ4v) is 3.94. The second kappa shape index (κ2) is 5.63. The van der Waals surface area contributed by atoms with E-state index in [9.17, 15) is 14.4 Å². The van der Waals surface area contributed by atoms with Gasteiger partial charge in [0.1, 0.15) is 10.2 Å². The number of aromatic nitrogens is 1. The van der Waals surface area contributed by atoms with Crippen molar-refractivity contribution in [3.05, 3.63) is 45.1 Å². The minimum Gasteiger partial charge on any atom is -0.403 e. The summed E-state index contributed by atoms with van der Waals surface area (Å²) in [5, 5.41) is 0.524. The van der Waals surface area contributed by atoms with Gasteiger partial charge in [-0.3, -0.25) is 14.5 Å². The summed E-state index contributed by atoms with van der Waals surface area (Å²) in [5.74, 6) is -0.175. The van der Waals surface area contributed by atoms with Gasteiger partial charge in [-0.25, -0.2) is 9.78 Å². The summed E-state index contributed by atoms with van der Waals surface area (Å²) >= 11 is 1.46. The van der Waals surface area contributed by atoms with Gasteiger partial charge in [0.05, 0.1) is 5.69 Å². The second-order valence-electron chi connectivity index (χ2n) is 5.94. The molecule has 1 aromatic carbocycles. The van der Waals surface area contributed by atoms with Crippen LogP contribution in [0.1, 0.15) is 23.3 Å². The third kappa shape index (κ3) is 2.47. The van der Waals surface area contributed by atoms with E-state index in [-0.39, 0.29) is 30.5 Å². The second-order valence-corrected chi connectivity index (χ2v) is 7.14. The number of carbonyl (C=O) groups is 2. The summed E-state index contributed by atoms with van der Waals surface area (Å²) in [6, 6.07) is 6.71. The van der Waals surface area contributed by atoms with Gasteiger partial charge in [-0.2, -0.15) is 0 Å². The van der Waals surface area contributed by atoms with Crippen molar-refractivity contribution < 1.29 is 14.0 Å². The summed E-state index contributed by atoms with van der Waals surface area (Å²) in [6.07, 6.45) is 0.482. The SMILES string of the molecule is Cc1sc2nc(-c3ccc(N4C(=O)CCC4=O)cc3)oc(=O)c2c1C. The molecule has 1 saturated heterocycles. The lowest BCUT2D eigenvalue weighted by Crippen LogP contribution is -2.28. The lowest BCUT2D eigenvalue weighted by Gasteiger charge is -2.13. The zero-order chi connectivity index (χ0) is 17.7. The van der Waals surface area contributed by atoms with Crippen molar-refractivity contribution in [3.8, 4) is 11.5 Å². The molecule has 3 aromatic rings. The predicted octanol–water partition coefficient (Wildman–Crippen LogP) is 3.19. The van der Waals surface area contributed by atoms with Crippen LogP contribution in [0.4, 0.5) is 5.69 Å². The highest BCUT2D eigenvalue weighted by Crippen LogP contribution is 2.30. The van der Waals surface area contributed by atoms with Crippen LogP contribution < -0.4 is 10.5 Å². The molecule has 3 heterocycles. The van der Waals surface area contributed by atoms with E-state index in [0.717, 1.165) is 10.4 Å². The molecule has 2 aromatic heterocycles. The Labute approximate surface area is 146 Å². The van der Waals surface area contributed by atoms with Crippen LogP contribution in [0, 0.1) is 13.8 Å². The molecule has 0 saturated carbocycles. The first-order chi connectivity index (χ1) is 12.0. The first-order valence-electron chi connectivity index (χ1n) is 7.83. The lowest BCUT2D eigenvalue weighted by atomic mass is 10.2. The van der Waals surface area contributed by atoms with Crippen molar-refractivity contribution in [1.29, 1.82) is 0 Å². The number of carbonyl (C=O) groups excluding carboxylic acids is 2. The third-order valence-corrected chi connectivity index (χ3v) is 5.49. The minimum atomic E-state index is -0.407. The molecule has 25 heavy (non-hydrogen) atoms. The van der Waals surface area contributed by atoms with Crippen molar-refractivity contribution in [2.24, 2.45) is 0 Å². The summed E-state index contributed by atoms with van der Waals surface area (Å²) in [5.41, 5.74) is 1.62. The number of aryl methyl sites for hydroxylation is 2. The quantitative estimate of drug-likeness (QED) is 0.660. The Bertz CT molecular complexity index is 1060. The number of thiophene rings is 1. The smallest absolute Gasteiger partial charge is 0.348 e. The Hall–Kier alpha value is -2.80. The fraction of sp³-hybridized carbons (Fsp3) is 0.222. The average molecular weight is 354 g/mol. The highest BCUT2D eigenvalue weighted by molar-refractivity contribution is 7.18. The van der Waals surface area contributed by atoms with Gasteiger partial charge < -0.3 is 4.42 Å². The Balaban J connectivity index is 1.75. The molecule has 126 valence electrons. The van der Waals surface area contributed by atoms with Gasteiger partial charge in [-0.05, 0) is 43.7 Å². The first-order valence-corrected chi connectivity index (χ1v) is 8.64. The molecule has 1 aliphatic rings. The van der Waals surface area contributed by atoms with Gasteiger partial charge in [-0.15, -0.1) is 11.3 Å². The van der Waals surface area contributed by atoms with Gasteiger partial charge in [0, 0.05) is 23.3 Å². The molecule has 6 nitrogen and oxygen atoms in total. The standard InChI is InChI=1S/C18H14N2O4S/c1-9-10(2)25-17-15(9)18(23)24-16(19-17)11-3-5-12(6-4-11)20-13(21)7-8-14(20)22/h3-6H,7-8H2,1-2H3. The van der Waals surface area contributed by atoms with E-state index in [0.29, 0.717) is 21.5 Å². The number of imide groups is 1. The molecule has 1 fully saturated rings. The van der Waals surface area contributed by atoms with E-state index >= 15 is 0 Å². The Morgan fingerprint density at radius 2 is 1.68 bits per heavy atom. The number of amides is 2. The average Bonchev–Trinajstić information content (AvgIpc) is 3.07. The molecule has 7 heteroatoms. The van der Waals surface area contributed by atoms with Crippen LogP contribution in [0.5, 0.6) is 0 Å². The molecule has 0 atom stereocenters. The molecule has 4 rings (SSSR count). The van der Waals surface area contributed by atoms with Crippen LogP contribution in [0.25, 0.3) is 21.7 Å². The van der Waals surface area contributed by atoms with Crippen LogP contribution in [-0.2, 0) is 9.59 Å². The zero-order valence-corrected chi connectivity index (χ0v) is 14.5. The Kier molecular flexibility index (Phi) is 3.54. The summed E-state index contributed by atoms with van der Waals surface area (Å²) in [7, 11) is 0. The summed E-state index contributed by atoms with van der Waals surface area (Å²) in [4.78, 5) is 43.2. The number of hydrogen-bond acceptors (Lipinski definition) is 6. The molecule has 2 amide bonds. The maximum atomic E-state index is 12.3.